The molecule has 3 N–H and O–H groups in total. The quantitative estimate of drug-likeness (QED) is 0.728. The minimum atomic E-state index is -4.49. The molecule has 0 aliphatic carbocycles. The first-order valence-electron chi connectivity index (χ1n) is 5.00. The summed E-state index contributed by atoms with van der Waals surface area (Å²) in [5.74, 6) is -2.03. The third-order valence-corrected chi connectivity index (χ3v) is 2.05. The summed E-state index contributed by atoms with van der Waals surface area (Å²) in [7, 11) is 0. The first-order valence-corrected chi connectivity index (χ1v) is 5.00. The van der Waals surface area contributed by atoms with E-state index in [1.54, 1.807) is 0 Å². The highest BCUT2D eigenvalue weighted by Gasteiger charge is 2.33. The van der Waals surface area contributed by atoms with E-state index in [2.05, 4.69) is 0 Å². The Morgan fingerprint density at radius 2 is 1.94 bits per heavy atom. The zero-order valence-electron chi connectivity index (χ0n) is 9.33. The minimum Gasteiger partial charge on any atom is -0.481 e. The molecule has 0 rings (SSSR count). The molecule has 0 heterocycles. The highest BCUT2D eigenvalue weighted by atomic mass is 19.4. The molecule has 0 aromatic carbocycles. The van der Waals surface area contributed by atoms with E-state index in [4.69, 9.17) is 10.8 Å². The van der Waals surface area contributed by atoms with E-state index in [9.17, 15) is 22.8 Å². The molecule has 0 spiro atoms. The molecule has 100 valence electrons. The number of alkyl halides is 3. The van der Waals surface area contributed by atoms with Crippen LogP contribution in [0, 0.1) is 0 Å². The topological polar surface area (TPSA) is 83.6 Å². The SMILES string of the molecule is CCN(CC(F)(F)F)C(=O)C(N)CCC(=O)O. The largest absolute Gasteiger partial charge is 0.481 e. The van der Waals surface area contributed by atoms with Gasteiger partial charge < -0.3 is 15.7 Å². The molecule has 0 radical (unpaired) electrons. The number of carbonyl (C=O) groups excluding carboxylic acids is 1. The van der Waals surface area contributed by atoms with Crippen molar-refractivity contribution in [3.05, 3.63) is 0 Å². The Hall–Kier alpha value is -1.31. The summed E-state index contributed by atoms with van der Waals surface area (Å²) in [6.07, 6.45) is -5.02. The third-order valence-electron chi connectivity index (χ3n) is 2.05. The van der Waals surface area contributed by atoms with Crippen molar-refractivity contribution in [1.82, 2.24) is 4.90 Å². The summed E-state index contributed by atoms with van der Waals surface area (Å²) < 4.78 is 36.3. The number of likely N-dealkylation sites (N-methyl/N-ethyl adjacent to an activating group) is 1. The predicted octanol–water partition coefficient (Wildman–Crippen LogP) is 0.589. The molecule has 8 heteroatoms. The van der Waals surface area contributed by atoms with E-state index < -0.39 is 30.6 Å². The minimum absolute atomic E-state index is 0.126. The molecule has 5 nitrogen and oxygen atoms in total. The van der Waals surface area contributed by atoms with Gasteiger partial charge in [-0.2, -0.15) is 13.2 Å². The van der Waals surface area contributed by atoms with Crippen molar-refractivity contribution in [2.24, 2.45) is 5.73 Å². The average Bonchev–Trinajstić information content (AvgIpc) is 2.20. The number of nitrogens with two attached hydrogens (primary N) is 1. The number of amides is 1. The molecular weight excluding hydrogens is 241 g/mol. The zero-order chi connectivity index (χ0) is 13.6. The van der Waals surface area contributed by atoms with Crippen LogP contribution in [-0.4, -0.2) is 47.2 Å². The van der Waals surface area contributed by atoms with Gasteiger partial charge in [-0.3, -0.25) is 9.59 Å². The van der Waals surface area contributed by atoms with Crippen LogP contribution in [0.5, 0.6) is 0 Å². The lowest BCUT2D eigenvalue weighted by atomic mass is 10.1. The van der Waals surface area contributed by atoms with E-state index in [1.807, 2.05) is 0 Å². The lowest BCUT2D eigenvalue weighted by molar-refractivity contribution is -0.161. The van der Waals surface area contributed by atoms with Crippen molar-refractivity contribution in [1.29, 1.82) is 0 Å². The molecule has 0 fully saturated rings. The van der Waals surface area contributed by atoms with Crippen LogP contribution in [0.2, 0.25) is 0 Å². The van der Waals surface area contributed by atoms with Crippen molar-refractivity contribution in [2.75, 3.05) is 13.1 Å². The molecule has 1 amide bonds. The summed E-state index contributed by atoms with van der Waals surface area (Å²) in [6.45, 7) is -0.101. The fraction of sp³-hybridized carbons (Fsp3) is 0.778. The summed E-state index contributed by atoms with van der Waals surface area (Å²) in [5, 5.41) is 8.37. The van der Waals surface area contributed by atoms with Gasteiger partial charge in [-0.25, -0.2) is 0 Å². The van der Waals surface area contributed by atoms with Gasteiger partial charge in [-0.15, -0.1) is 0 Å². The number of carbonyl (C=O) groups is 2. The van der Waals surface area contributed by atoms with E-state index in [0.717, 1.165) is 0 Å². The Labute approximate surface area is 96.4 Å². The number of halogens is 3. The maximum atomic E-state index is 12.1. The van der Waals surface area contributed by atoms with E-state index in [-0.39, 0.29) is 19.4 Å². The summed E-state index contributed by atoms with van der Waals surface area (Å²) in [4.78, 5) is 22.3. The molecule has 0 saturated carbocycles. The van der Waals surface area contributed by atoms with Crippen LogP contribution in [-0.2, 0) is 9.59 Å². The van der Waals surface area contributed by atoms with E-state index >= 15 is 0 Å². The van der Waals surface area contributed by atoms with Crippen LogP contribution < -0.4 is 5.73 Å². The van der Waals surface area contributed by atoms with Gasteiger partial charge in [0.05, 0.1) is 6.04 Å². The van der Waals surface area contributed by atoms with Gasteiger partial charge >= 0.3 is 12.1 Å². The highest BCUT2D eigenvalue weighted by Crippen LogP contribution is 2.17. The molecule has 0 aliphatic heterocycles. The molecule has 0 bridgehead atoms. The maximum absolute atomic E-state index is 12.1. The number of hydrogen-bond donors (Lipinski definition) is 2. The van der Waals surface area contributed by atoms with Crippen LogP contribution in [0.1, 0.15) is 19.8 Å². The van der Waals surface area contributed by atoms with Gasteiger partial charge in [0.25, 0.3) is 0 Å². The van der Waals surface area contributed by atoms with Gasteiger partial charge in [0, 0.05) is 13.0 Å². The number of nitrogens with zero attached hydrogens (tertiary/aromatic N) is 1. The fourth-order valence-corrected chi connectivity index (χ4v) is 1.20. The first kappa shape index (κ1) is 15.7. The Bertz CT molecular complexity index is 281. The van der Waals surface area contributed by atoms with Crippen molar-refractivity contribution in [3.8, 4) is 0 Å². The monoisotopic (exact) mass is 256 g/mol. The Kier molecular flexibility index (Phi) is 5.94. The van der Waals surface area contributed by atoms with Crippen molar-refractivity contribution in [3.63, 3.8) is 0 Å². The average molecular weight is 256 g/mol. The van der Waals surface area contributed by atoms with E-state index in [1.165, 1.54) is 6.92 Å². The van der Waals surface area contributed by atoms with Crippen molar-refractivity contribution in [2.45, 2.75) is 32.0 Å². The Balaban J connectivity index is 4.37. The highest BCUT2D eigenvalue weighted by molar-refractivity contribution is 5.82. The molecule has 1 atom stereocenters. The molecule has 0 aliphatic rings. The number of carboxylic acids is 1. The lowest BCUT2D eigenvalue weighted by Gasteiger charge is -2.25. The number of rotatable bonds is 6. The summed E-state index contributed by atoms with van der Waals surface area (Å²) in [5.41, 5.74) is 5.34. The second-order valence-corrected chi connectivity index (χ2v) is 3.51. The molecule has 0 saturated heterocycles. The number of carboxylic acid groups (broad SMARTS) is 1. The summed E-state index contributed by atoms with van der Waals surface area (Å²) in [6, 6.07) is -1.21. The third kappa shape index (κ3) is 6.77. The van der Waals surface area contributed by atoms with Crippen LogP contribution >= 0.6 is 0 Å². The first-order chi connectivity index (χ1) is 7.67. The molecule has 17 heavy (non-hydrogen) atoms. The maximum Gasteiger partial charge on any atom is 0.406 e. The summed E-state index contributed by atoms with van der Waals surface area (Å²) >= 11 is 0. The number of hydrogen-bond acceptors (Lipinski definition) is 3. The second kappa shape index (κ2) is 6.43. The molecule has 1 unspecified atom stereocenters. The number of aliphatic carboxylic acids is 1. The molecule has 0 aromatic rings. The smallest absolute Gasteiger partial charge is 0.406 e. The van der Waals surface area contributed by atoms with Gasteiger partial charge in [0.1, 0.15) is 6.54 Å². The second-order valence-electron chi connectivity index (χ2n) is 3.51. The fourth-order valence-electron chi connectivity index (χ4n) is 1.20. The van der Waals surface area contributed by atoms with Crippen LogP contribution in [0.4, 0.5) is 13.2 Å². The normalized spacial score (nSPS) is 13.2. The molecular formula is C9H15F3N2O3. The Morgan fingerprint density at radius 3 is 2.29 bits per heavy atom. The van der Waals surface area contributed by atoms with Gasteiger partial charge in [-0.1, -0.05) is 0 Å². The van der Waals surface area contributed by atoms with E-state index in [0.29, 0.717) is 4.90 Å². The lowest BCUT2D eigenvalue weighted by Crippen LogP contribution is -2.47. The predicted molar refractivity (Wildman–Crippen MR) is 53.2 cm³/mol. The van der Waals surface area contributed by atoms with Crippen molar-refractivity contribution < 1.29 is 27.9 Å². The van der Waals surface area contributed by atoms with Gasteiger partial charge in [0.2, 0.25) is 5.91 Å². The van der Waals surface area contributed by atoms with Gasteiger partial charge in [0.15, 0.2) is 0 Å². The van der Waals surface area contributed by atoms with Crippen LogP contribution in [0.3, 0.4) is 0 Å². The van der Waals surface area contributed by atoms with Gasteiger partial charge in [-0.05, 0) is 13.3 Å². The van der Waals surface area contributed by atoms with Crippen molar-refractivity contribution >= 4 is 11.9 Å². The van der Waals surface area contributed by atoms with Crippen LogP contribution in [0.25, 0.3) is 0 Å². The Morgan fingerprint density at radius 1 is 1.41 bits per heavy atom. The standard InChI is InChI=1S/C9H15F3N2O3/c1-2-14(5-9(10,11)12)8(17)6(13)3-4-7(15)16/h6H,2-5,13H2,1H3,(H,15,16). The van der Waals surface area contributed by atoms with Crippen LogP contribution in [0.15, 0.2) is 0 Å². The molecule has 0 aromatic heterocycles. The zero-order valence-corrected chi connectivity index (χ0v) is 9.33.